The molecule has 4 rings (SSSR count). The maximum Gasteiger partial charge on any atom is 0.355 e. The van der Waals surface area contributed by atoms with Gasteiger partial charge in [-0.05, 0) is 44.4 Å². The lowest BCUT2D eigenvalue weighted by atomic mass is 9.79. The van der Waals surface area contributed by atoms with Crippen LogP contribution in [0, 0.1) is 11.8 Å². The maximum atomic E-state index is 13.4. The summed E-state index contributed by atoms with van der Waals surface area (Å²) >= 11 is 1.52. The number of fused-ring (bicyclic) bond motifs is 1. The zero-order valence-corrected chi connectivity index (χ0v) is 30.7. The third kappa shape index (κ3) is 10.3. The van der Waals surface area contributed by atoms with Gasteiger partial charge in [-0.15, -0.1) is 11.8 Å². The van der Waals surface area contributed by atoms with Crippen LogP contribution >= 0.6 is 11.8 Å². The van der Waals surface area contributed by atoms with Crippen LogP contribution in [-0.4, -0.2) is 77.0 Å². The Labute approximate surface area is 296 Å². The smallest absolute Gasteiger partial charge is 0.355 e. The van der Waals surface area contributed by atoms with E-state index in [0.717, 1.165) is 43.4 Å². The molecule has 272 valence electrons. The van der Waals surface area contributed by atoms with Crippen molar-refractivity contribution < 1.29 is 33.8 Å². The van der Waals surface area contributed by atoms with E-state index in [1.54, 1.807) is 31.2 Å². The summed E-state index contributed by atoms with van der Waals surface area (Å²) in [5, 5.41) is 16.6. The number of rotatable bonds is 21. The van der Waals surface area contributed by atoms with Gasteiger partial charge in [0, 0.05) is 28.3 Å². The Hall–Kier alpha value is -2.89. The van der Waals surface area contributed by atoms with Gasteiger partial charge < -0.3 is 30.1 Å². The molecule has 1 aromatic rings. The minimum atomic E-state index is -0.817. The van der Waals surface area contributed by atoms with E-state index in [1.807, 2.05) is 6.92 Å². The fourth-order valence-corrected chi connectivity index (χ4v) is 8.52. The number of benzene rings is 1. The van der Waals surface area contributed by atoms with Gasteiger partial charge in [0.15, 0.2) is 0 Å². The number of nitrogens with zero attached hydrogens (tertiary/aromatic N) is 1. The molecular weight excluding hydrogens is 642 g/mol. The first-order valence-corrected chi connectivity index (χ1v) is 19.5. The van der Waals surface area contributed by atoms with Gasteiger partial charge in [0.05, 0.1) is 42.9 Å². The molecule has 0 unspecified atom stereocenters. The molecule has 2 fully saturated rings. The van der Waals surface area contributed by atoms with E-state index in [4.69, 9.17) is 9.47 Å². The number of amides is 2. The van der Waals surface area contributed by atoms with E-state index in [9.17, 15) is 24.3 Å². The van der Waals surface area contributed by atoms with Crippen LogP contribution < -0.4 is 10.6 Å². The Morgan fingerprint density at radius 3 is 2.20 bits per heavy atom. The summed E-state index contributed by atoms with van der Waals surface area (Å²) < 4.78 is 11.1. The summed E-state index contributed by atoms with van der Waals surface area (Å²) in [5.74, 6) is -2.05. The van der Waals surface area contributed by atoms with Crippen molar-refractivity contribution in [1.29, 1.82) is 0 Å². The quantitative estimate of drug-likeness (QED) is 0.0739. The van der Waals surface area contributed by atoms with Gasteiger partial charge in [-0.1, -0.05) is 91.0 Å². The van der Waals surface area contributed by atoms with Crippen molar-refractivity contribution in [3.05, 3.63) is 40.4 Å². The summed E-state index contributed by atoms with van der Waals surface area (Å²) in [7, 11) is 0. The largest absolute Gasteiger partial charge is 0.462 e. The van der Waals surface area contributed by atoms with Crippen LogP contribution in [0.15, 0.2) is 34.9 Å². The highest BCUT2D eigenvalue weighted by atomic mass is 32.2. The van der Waals surface area contributed by atoms with Crippen LogP contribution in [0.2, 0.25) is 0 Å². The minimum Gasteiger partial charge on any atom is -0.462 e. The molecule has 10 nitrogen and oxygen atoms in total. The predicted octanol–water partition coefficient (Wildman–Crippen LogP) is 6.58. The Bertz CT molecular complexity index is 1320. The van der Waals surface area contributed by atoms with Gasteiger partial charge in [0.25, 0.3) is 0 Å². The second-order valence-electron chi connectivity index (χ2n) is 13.8. The van der Waals surface area contributed by atoms with Crippen LogP contribution in [0.1, 0.15) is 122 Å². The number of esters is 2. The number of anilines is 1. The molecule has 1 aromatic carbocycles. The van der Waals surface area contributed by atoms with Crippen molar-refractivity contribution in [2.24, 2.45) is 11.8 Å². The Morgan fingerprint density at radius 1 is 0.959 bits per heavy atom. The van der Waals surface area contributed by atoms with Crippen molar-refractivity contribution in [2.45, 2.75) is 135 Å². The summed E-state index contributed by atoms with van der Waals surface area (Å²) in [4.78, 5) is 54.8. The van der Waals surface area contributed by atoms with Crippen LogP contribution in [0.4, 0.5) is 5.69 Å². The Balaban J connectivity index is 1.32. The highest BCUT2D eigenvalue weighted by Crippen LogP contribution is 2.52. The second kappa shape index (κ2) is 19.5. The van der Waals surface area contributed by atoms with Gasteiger partial charge in [0.2, 0.25) is 11.8 Å². The first kappa shape index (κ1) is 38.9. The summed E-state index contributed by atoms with van der Waals surface area (Å²) in [6.45, 7) is 9.20. The van der Waals surface area contributed by atoms with Gasteiger partial charge in [-0.25, -0.2) is 9.59 Å². The van der Waals surface area contributed by atoms with Gasteiger partial charge >= 0.3 is 11.9 Å². The molecule has 0 saturated carbocycles. The standard InChI is InChI=1S/C38H57N3O7S/c1-5-7-9-11-13-15-20-47-37(45)27-18-17-19-28(22-27)40-35(43)30-23-29(24-39-30)49-34-25(3)32-31(26(4)42)36(44)41(32)33(34)38(46)48-21-16-14-12-10-8-6-2/h17-19,22,25-26,29-32,39,42H,5-16,20-21,23-24H2,1-4H3,(H,40,43)/t25-,26-,29+,30+,31-,32-/m1/s1. The summed E-state index contributed by atoms with van der Waals surface area (Å²) in [5.41, 5.74) is 1.21. The highest BCUT2D eigenvalue weighted by Gasteiger charge is 2.60. The molecule has 3 N–H and O–H groups in total. The lowest BCUT2D eigenvalue weighted by molar-refractivity contribution is -0.164. The SMILES string of the molecule is CCCCCCCCOC(=O)C1=C(S[C@@H]2CN[C@H](C(=O)Nc3cccc(C(=O)OCCCCCCCC)c3)C2)[C@H](C)[C@@H]2[C@@H]([C@@H](C)O)C(=O)N12. The molecule has 3 aliphatic heterocycles. The number of nitrogens with one attached hydrogen (secondary N) is 2. The zero-order valence-electron chi connectivity index (χ0n) is 29.8. The number of β-lactam (4-membered cyclic amide) rings is 1. The number of ether oxygens (including phenoxy) is 2. The van der Waals surface area contributed by atoms with Crippen molar-refractivity contribution in [2.75, 3.05) is 25.1 Å². The number of aliphatic hydroxyl groups excluding tert-OH is 1. The monoisotopic (exact) mass is 699 g/mol. The van der Waals surface area contributed by atoms with Crippen molar-refractivity contribution in [3.8, 4) is 0 Å². The van der Waals surface area contributed by atoms with Gasteiger partial charge in [-0.2, -0.15) is 0 Å². The molecular formula is C38H57N3O7S. The fourth-order valence-electron chi connectivity index (χ4n) is 7.04. The topological polar surface area (TPSA) is 134 Å². The Kier molecular flexibility index (Phi) is 15.5. The molecule has 2 amide bonds. The van der Waals surface area contributed by atoms with Crippen LogP contribution in [0.3, 0.4) is 0 Å². The molecule has 0 radical (unpaired) electrons. The van der Waals surface area contributed by atoms with Gasteiger partial charge in [0.1, 0.15) is 5.70 Å². The lowest BCUT2D eigenvalue weighted by Gasteiger charge is -2.46. The molecule has 0 spiro atoms. The van der Waals surface area contributed by atoms with Crippen molar-refractivity contribution in [1.82, 2.24) is 10.2 Å². The lowest BCUT2D eigenvalue weighted by Crippen LogP contribution is -2.63. The number of unbranched alkanes of at least 4 members (excludes halogenated alkanes) is 10. The van der Waals surface area contributed by atoms with Crippen LogP contribution in [-0.2, 0) is 23.9 Å². The second-order valence-corrected chi connectivity index (χ2v) is 15.1. The number of carbonyl (C=O) groups is 4. The molecule has 2 saturated heterocycles. The van der Waals surface area contributed by atoms with E-state index in [0.29, 0.717) is 43.1 Å². The van der Waals surface area contributed by atoms with E-state index >= 15 is 0 Å². The predicted molar refractivity (Wildman–Crippen MR) is 193 cm³/mol. The number of hydrogen-bond acceptors (Lipinski definition) is 9. The Morgan fingerprint density at radius 2 is 1.57 bits per heavy atom. The van der Waals surface area contributed by atoms with E-state index < -0.39 is 30.0 Å². The van der Waals surface area contributed by atoms with Crippen molar-refractivity contribution >= 4 is 41.2 Å². The van der Waals surface area contributed by atoms with Gasteiger partial charge in [-0.3, -0.25) is 9.59 Å². The first-order chi connectivity index (χ1) is 23.7. The average molecular weight is 700 g/mol. The fraction of sp³-hybridized carbons (Fsp3) is 0.684. The number of thioether (sulfide) groups is 1. The summed E-state index contributed by atoms with van der Waals surface area (Å²) in [6.07, 6.45) is 12.8. The highest BCUT2D eigenvalue weighted by molar-refractivity contribution is 8.03. The molecule has 0 aromatic heterocycles. The molecule has 11 heteroatoms. The first-order valence-electron chi connectivity index (χ1n) is 18.6. The number of carbonyl (C=O) groups excluding carboxylic acids is 4. The van der Waals surface area contributed by atoms with Crippen LogP contribution in [0.25, 0.3) is 0 Å². The van der Waals surface area contributed by atoms with Crippen molar-refractivity contribution in [3.63, 3.8) is 0 Å². The van der Waals surface area contributed by atoms with E-state index in [2.05, 4.69) is 24.5 Å². The van der Waals surface area contributed by atoms with E-state index in [-0.39, 0.29) is 29.0 Å². The molecule has 3 heterocycles. The maximum absolute atomic E-state index is 13.4. The molecule has 0 bridgehead atoms. The number of hydrogen-bond donors (Lipinski definition) is 3. The third-order valence-electron chi connectivity index (χ3n) is 9.83. The third-order valence-corrected chi connectivity index (χ3v) is 11.3. The normalized spacial score (nSPS) is 23.7. The minimum absolute atomic E-state index is 0.0170. The molecule has 49 heavy (non-hydrogen) atoms. The molecule has 3 aliphatic rings. The molecule has 6 atom stereocenters. The average Bonchev–Trinajstić information content (AvgIpc) is 3.64. The summed E-state index contributed by atoms with van der Waals surface area (Å²) in [6, 6.07) is 6.04. The van der Waals surface area contributed by atoms with E-state index in [1.165, 1.54) is 55.2 Å². The number of aliphatic hydroxyl groups is 1. The van der Waals surface area contributed by atoms with Crippen LogP contribution in [0.5, 0.6) is 0 Å². The molecule has 0 aliphatic carbocycles. The zero-order chi connectivity index (χ0) is 35.3.